The zero-order valence-corrected chi connectivity index (χ0v) is 12.5. The minimum atomic E-state index is -0.593. The lowest BCUT2D eigenvalue weighted by molar-refractivity contribution is 0.0598. The van der Waals surface area contributed by atoms with E-state index < -0.39 is 5.97 Å². The molecule has 114 valence electrons. The van der Waals surface area contributed by atoms with Crippen molar-refractivity contribution in [3.05, 3.63) is 69.1 Å². The Kier molecular flexibility index (Phi) is 4.06. The van der Waals surface area contributed by atoms with Crippen LogP contribution in [0.1, 0.15) is 27.2 Å². The van der Waals surface area contributed by atoms with E-state index in [1.807, 2.05) is 18.2 Å². The highest BCUT2D eigenvalue weighted by Crippen LogP contribution is 2.17. The third kappa shape index (κ3) is 2.80. The van der Waals surface area contributed by atoms with Crippen LogP contribution in [0.15, 0.2) is 41.3 Å². The third-order valence-corrected chi connectivity index (χ3v) is 3.99. The largest absolute Gasteiger partial charge is 0.465 e. The molecule has 1 aliphatic rings. The van der Waals surface area contributed by atoms with Gasteiger partial charge in [-0.3, -0.25) is 9.69 Å². The van der Waals surface area contributed by atoms with Crippen LogP contribution in [-0.4, -0.2) is 29.5 Å². The minimum absolute atomic E-state index is 0.0720. The van der Waals surface area contributed by atoms with Gasteiger partial charge in [-0.1, -0.05) is 30.3 Å². The summed E-state index contributed by atoms with van der Waals surface area (Å²) in [7, 11) is 1.28. The summed E-state index contributed by atoms with van der Waals surface area (Å²) >= 11 is 0. The van der Waals surface area contributed by atoms with E-state index in [0.29, 0.717) is 12.1 Å². The molecule has 0 amide bonds. The number of benzene rings is 1. The maximum atomic E-state index is 12.5. The first-order valence-corrected chi connectivity index (χ1v) is 7.27. The van der Waals surface area contributed by atoms with Gasteiger partial charge in [0.25, 0.3) is 0 Å². The number of esters is 1. The fourth-order valence-corrected chi connectivity index (χ4v) is 2.81. The number of hydrogen-bond acceptors (Lipinski definition) is 4. The molecule has 0 bridgehead atoms. The molecule has 1 aromatic carbocycles. The third-order valence-electron chi connectivity index (χ3n) is 3.99. The number of methoxy groups -OCH3 is 1. The number of fused-ring (bicyclic) bond motifs is 1. The fraction of sp³-hybridized carbons (Fsp3) is 0.294. The van der Waals surface area contributed by atoms with Crippen LogP contribution in [-0.2, 0) is 24.2 Å². The Morgan fingerprint density at radius 2 is 2.09 bits per heavy atom. The van der Waals surface area contributed by atoms with E-state index in [0.717, 1.165) is 25.2 Å². The summed E-state index contributed by atoms with van der Waals surface area (Å²) in [6.07, 6.45) is 2.23. The topological polar surface area (TPSA) is 62.4 Å². The Balaban J connectivity index is 1.85. The van der Waals surface area contributed by atoms with Gasteiger partial charge in [-0.05, 0) is 5.56 Å². The van der Waals surface area contributed by atoms with Crippen LogP contribution in [0.5, 0.6) is 0 Å². The average molecular weight is 298 g/mol. The first-order valence-electron chi connectivity index (χ1n) is 7.27. The summed E-state index contributed by atoms with van der Waals surface area (Å²) in [5.74, 6) is -0.593. The van der Waals surface area contributed by atoms with Crippen molar-refractivity contribution in [1.82, 2.24) is 9.88 Å². The Hall–Kier alpha value is -2.40. The minimum Gasteiger partial charge on any atom is -0.465 e. The average Bonchev–Trinajstić information content (AvgIpc) is 2.56. The second kappa shape index (κ2) is 6.15. The van der Waals surface area contributed by atoms with Gasteiger partial charge in [0, 0.05) is 43.5 Å². The lowest BCUT2D eigenvalue weighted by Gasteiger charge is -2.28. The number of aromatic amines is 1. The summed E-state index contributed by atoms with van der Waals surface area (Å²) in [5.41, 5.74) is 2.65. The molecule has 0 aliphatic carbocycles. The van der Waals surface area contributed by atoms with Gasteiger partial charge in [0.1, 0.15) is 5.56 Å². The van der Waals surface area contributed by atoms with E-state index in [-0.39, 0.29) is 11.0 Å². The zero-order chi connectivity index (χ0) is 15.5. The van der Waals surface area contributed by atoms with Crippen molar-refractivity contribution in [2.75, 3.05) is 13.7 Å². The Morgan fingerprint density at radius 3 is 2.82 bits per heavy atom. The van der Waals surface area contributed by atoms with Crippen molar-refractivity contribution in [3.8, 4) is 0 Å². The summed E-state index contributed by atoms with van der Waals surface area (Å²) in [6.45, 7) is 2.22. The van der Waals surface area contributed by atoms with Gasteiger partial charge in [-0.2, -0.15) is 0 Å². The van der Waals surface area contributed by atoms with E-state index in [4.69, 9.17) is 0 Å². The molecule has 3 rings (SSSR count). The lowest BCUT2D eigenvalue weighted by atomic mass is 10.0. The van der Waals surface area contributed by atoms with Gasteiger partial charge in [0.2, 0.25) is 5.43 Å². The lowest BCUT2D eigenvalue weighted by Crippen LogP contribution is -2.36. The SMILES string of the molecule is COC(=O)c1c[nH]c2c(c1=O)CN(Cc1ccccc1)CC2. The standard InChI is InChI=1S/C17H18N2O3/c1-22-17(21)13-9-18-15-7-8-19(11-14(15)16(13)20)10-12-5-3-2-4-6-12/h2-6,9H,7-8,10-11H2,1H3,(H,18,20). The molecule has 0 fully saturated rings. The first kappa shape index (κ1) is 14.5. The van der Waals surface area contributed by atoms with Crippen LogP contribution in [0, 0.1) is 0 Å². The molecule has 0 radical (unpaired) electrons. The van der Waals surface area contributed by atoms with Crippen LogP contribution in [0.25, 0.3) is 0 Å². The number of aromatic nitrogens is 1. The highest BCUT2D eigenvalue weighted by Gasteiger charge is 2.23. The highest BCUT2D eigenvalue weighted by atomic mass is 16.5. The van der Waals surface area contributed by atoms with Crippen molar-refractivity contribution in [2.24, 2.45) is 0 Å². The van der Waals surface area contributed by atoms with E-state index in [1.165, 1.54) is 18.9 Å². The van der Waals surface area contributed by atoms with Gasteiger partial charge in [-0.15, -0.1) is 0 Å². The molecule has 0 saturated carbocycles. The number of nitrogens with one attached hydrogen (secondary N) is 1. The van der Waals surface area contributed by atoms with Crippen molar-refractivity contribution in [2.45, 2.75) is 19.5 Å². The van der Waals surface area contributed by atoms with Crippen LogP contribution in [0.4, 0.5) is 0 Å². The second-order valence-corrected chi connectivity index (χ2v) is 5.43. The van der Waals surface area contributed by atoms with Gasteiger partial charge < -0.3 is 9.72 Å². The van der Waals surface area contributed by atoms with Crippen molar-refractivity contribution in [3.63, 3.8) is 0 Å². The molecule has 5 heteroatoms. The van der Waals surface area contributed by atoms with Crippen molar-refractivity contribution in [1.29, 1.82) is 0 Å². The summed E-state index contributed by atoms with van der Waals surface area (Å²) in [5, 5.41) is 0. The second-order valence-electron chi connectivity index (χ2n) is 5.43. The summed E-state index contributed by atoms with van der Waals surface area (Å²) in [4.78, 5) is 29.4. The maximum Gasteiger partial charge on any atom is 0.343 e. The van der Waals surface area contributed by atoms with Gasteiger partial charge >= 0.3 is 5.97 Å². The molecule has 0 spiro atoms. The normalized spacial score (nSPS) is 14.4. The smallest absolute Gasteiger partial charge is 0.343 e. The number of ether oxygens (including phenoxy) is 1. The molecule has 22 heavy (non-hydrogen) atoms. The predicted molar refractivity (Wildman–Crippen MR) is 82.7 cm³/mol. The first-order chi connectivity index (χ1) is 10.7. The van der Waals surface area contributed by atoms with Crippen LogP contribution in [0.2, 0.25) is 0 Å². The molecular weight excluding hydrogens is 280 g/mol. The summed E-state index contributed by atoms with van der Waals surface area (Å²) < 4.78 is 4.66. The predicted octanol–water partition coefficient (Wildman–Crippen LogP) is 1.72. The molecule has 2 heterocycles. The molecule has 0 saturated heterocycles. The molecule has 1 aliphatic heterocycles. The molecule has 2 aromatic rings. The number of carbonyl (C=O) groups excluding carboxylic acids is 1. The van der Waals surface area contributed by atoms with Crippen LogP contribution >= 0.6 is 0 Å². The van der Waals surface area contributed by atoms with Crippen molar-refractivity contribution >= 4 is 5.97 Å². The number of hydrogen-bond donors (Lipinski definition) is 1. The molecule has 0 unspecified atom stereocenters. The number of H-pyrrole nitrogens is 1. The highest BCUT2D eigenvalue weighted by molar-refractivity contribution is 5.89. The Bertz CT molecular complexity index is 737. The van der Waals surface area contributed by atoms with E-state index in [9.17, 15) is 9.59 Å². The van der Waals surface area contributed by atoms with Gasteiger partial charge in [0.15, 0.2) is 0 Å². The van der Waals surface area contributed by atoms with Gasteiger partial charge in [-0.25, -0.2) is 4.79 Å². The monoisotopic (exact) mass is 298 g/mol. The van der Waals surface area contributed by atoms with E-state index in [2.05, 4.69) is 26.8 Å². The fourth-order valence-electron chi connectivity index (χ4n) is 2.81. The Morgan fingerprint density at radius 1 is 1.32 bits per heavy atom. The molecular formula is C17H18N2O3. The molecule has 0 atom stereocenters. The zero-order valence-electron chi connectivity index (χ0n) is 12.5. The molecule has 1 aromatic heterocycles. The molecule has 5 nitrogen and oxygen atoms in total. The van der Waals surface area contributed by atoms with Crippen LogP contribution < -0.4 is 5.43 Å². The number of rotatable bonds is 3. The van der Waals surface area contributed by atoms with Crippen LogP contribution in [0.3, 0.4) is 0 Å². The molecule has 1 N–H and O–H groups in total. The maximum absolute atomic E-state index is 12.5. The Labute approximate surface area is 128 Å². The number of nitrogens with zero attached hydrogens (tertiary/aromatic N) is 1. The number of pyridine rings is 1. The quantitative estimate of drug-likeness (QED) is 0.877. The van der Waals surface area contributed by atoms with E-state index >= 15 is 0 Å². The van der Waals surface area contributed by atoms with Crippen molar-refractivity contribution < 1.29 is 9.53 Å². The number of carbonyl (C=O) groups is 1. The van der Waals surface area contributed by atoms with E-state index in [1.54, 1.807) is 0 Å². The van der Waals surface area contributed by atoms with Gasteiger partial charge in [0.05, 0.1) is 7.11 Å². The summed E-state index contributed by atoms with van der Waals surface area (Å²) in [6, 6.07) is 10.2.